The molecule has 4 N–H and O–H groups in total. The van der Waals surface area contributed by atoms with E-state index in [-0.39, 0.29) is 5.91 Å². The number of carbonyl (C=O) groups is 2. The van der Waals surface area contributed by atoms with Gasteiger partial charge in [0.05, 0.1) is 0 Å². The molecule has 130 valence electrons. The third-order valence-corrected chi connectivity index (χ3v) is 3.72. The number of urea groups is 1. The second-order valence-corrected chi connectivity index (χ2v) is 5.88. The van der Waals surface area contributed by atoms with Crippen molar-refractivity contribution in [2.45, 2.75) is 26.3 Å². The maximum absolute atomic E-state index is 12.0. The summed E-state index contributed by atoms with van der Waals surface area (Å²) in [7, 11) is 0. The first-order valence-corrected chi connectivity index (χ1v) is 8.17. The Kier molecular flexibility index (Phi) is 6.77. The monoisotopic (exact) mass is 337 g/mol. The first-order chi connectivity index (χ1) is 12.0. The number of allylic oxidation sites excluding steroid dienone is 1. The van der Waals surface area contributed by atoms with Crippen molar-refractivity contribution in [1.29, 1.82) is 0 Å². The van der Waals surface area contributed by atoms with Gasteiger partial charge in [0.1, 0.15) is 0 Å². The fourth-order valence-electron chi connectivity index (χ4n) is 2.37. The van der Waals surface area contributed by atoms with Crippen LogP contribution in [-0.2, 0) is 17.8 Å². The Morgan fingerprint density at radius 1 is 1.00 bits per heavy atom. The number of nitrogens with two attached hydrogens (primary N) is 1. The topological polar surface area (TPSA) is 84.2 Å². The third-order valence-electron chi connectivity index (χ3n) is 3.72. The molecule has 0 radical (unpaired) electrons. The lowest BCUT2D eigenvalue weighted by atomic mass is 10.1. The van der Waals surface area contributed by atoms with Crippen molar-refractivity contribution >= 4 is 17.6 Å². The van der Waals surface area contributed by atoms with Crippen LogP contribution in [0.1, 0.15) is 24.5 Å². The number of primary amides is 1. The standard InChI is InChI=1S/C20H23N3O2/c1-15(7-8-16-5-3-2-4-6-16)13-19(24)22-14-17-9-11-18(12-10-17)23-20(21)25/h2-6,9-13H,7-8,14H2,1H3,(H,22,24)(H3,21,23,25). The van der Waals surface area contributed by atoms with Gasteiger partial charge in [0.25, 0.3) is 0 Å². The smallest absolute Gasteiger partial charge is 0.316 e. The fourth-order valence-corrected chi connectivity index (χ4v) is 2.37. The highest BCUT2D eigenvalue weighted by Gasteiger charge is 2.01. The molecule has 0 saturated carbocycles. The number of hydrogen-bond donors (Lipinski definition) is 3. The normalized spacial score (nSPS) is 11.0. The molecule has 5 nitrogen and oxygen atoms in total. The van der Waals surface area contributed by atoms with E-state index in [1.54, 1.807) is 18.2 Å². The molecule has 0 bridgehead atoms. The Morgan fingerprint density at radius 2 is 1.68 bits per heavy atom. The van der Waals surface area contributed by atoms with Crippen LogP contribution in [0.15, 0.2) is 66.2 Å². The van der Waals surface area contributed by atoms with Gasteiger partial charge < -0.3 is 16.4 Å². The van der Waals surface area contributed by atoms with Crippen LogP contribution in [0.4, 0.5) is 10.5 Å². The minimum Gasteiger partial charge on any atom is -0.351 e. The van der Waals surface area contributed by atoms with Gasteiger partial charge in [0.2, 0.25) is 5.91 Å². The second-order valence-electron chi connectivity index (χ2n) is 5.88. The molecular formula is C20H23N3O2. The quantitative estimate of drug-likeness (QED) is 0.677. The SMILES string of the molecule is CC(=CC(=O)NCc1ccc(NC(N)=O)cc1)CCc1ccccc1. The van der Waals surface area contributed by atoms with E-state index >= 15 is 0 Å². The number of hydrogen-bond acceptors (Lipinski definition) is 2. The zero-order chi connectivity index (χ0) is 18.1. The van der Waals surface area contributed by atoms with Crippen molar-refractivity contribution in [3.05, 3.63) is 77.4 Å². The van der Waals surface area contributed by atoms with Crippen LogP contribution in [0.2, 0.25) is 0 Å². The average Bonchev–Trinajstić information content (AvgIpc) is 2.60. The van der Waals surface area contributed by atoms with Gasteiger partial charge >= 0.3 is 6.03 Å². The Balaban J connectivity index is 1.78. The molecule has 0 aliphatic rings. The van der Waals surface area contributed by atoms with Gasteiger partial charge in [0, 0.05) is 18.3 Å². The molecule has 0 aliphatic heterocycles. The van der Waals surface area contributed by atoms with Gasteiger partial charge in [-0.2, -0.15) is 0 Å². The summed E-state index contributed by atoms with van der Waals surface area (Å²) in [5.74, 6) is -0.107. The summed E-state index contributed by atoms with van der Waals surface area (Å²) in [5.41, 5.74) is 8.93. The van der Waals surface area contributed by atoms with Crippen LogP contribution in [0, 0.1) is 0 Å². The first-order valence-electron chi connectivity index (χ1n) is 8.17. The van der Waals surface area contributed by atoms with Crippen molar-refractivity contribution in [2.24, 2.45) is 5.73 Å². The molecule has 2 aromatic rings. The predicted molar refractivity (Wildman–Crippen MR) is 100 cm³/mol. The molecule has 0 aliphatic carbocycles. The highest BCUT2D eigenvalue weighted by Crippen LogP contribution is 2.10. The van der Waals surface area contributed by atoms with E-state index in [9.17, 15) is 9.59 Å². The number of rotatable bonds is 7. The number of anilines is 1. The highest BCUT2D eigenvalue weighted by atomic mass is 16.2. The van der Waals surface area contributed by atoms with E-state index in [2.05, 4.69) is 22.8 Å². The van der Waals surface area contributed by atoms with Crippen molar-refractivity contribution in [3.63, 3.8) is 0 Å². The number of nitrogens with one attached hydrogen (secondary N) is 2. The number of amides is 3. The van der Waals surface area contributed by atoms with E-state index in [1.807, 2.05) is 37.3 Å². The van der Waals surface area contributed by atoms with Crippen molar-refractivity contribution < 1.29 is 9.59 Å². The van der Waals surface area contributed by atoms with Gasteiger partial charge in [-0.1, -0.05) is 48.0 Å². The molecule has 2 rings (SSSR count). The second kappa shape index (κ2) is 9.27. The van der Waals surface area contributed by atoms with Crippen LogP contribution in [0.25, 0.3) is 0 Å². The molecule has 0 atom stereocenters. The van der Waals surface area contributed by atoms with Gasteiger partial charge in [-0.15, -0.1) is 0 Å². The van der Waals surface area contributed by atoms with Crippen LogP contribution >= 0.6 is 0 Å². The predicted octanol–water partition coefficient (Wildman–Crippen LogP) is 3.37. The van der Waals surface area contributed by atoms with Crippen molar-refractivity contribution in [1.82, 2.24) is 5.32 Å². The Labute approximate surface area is 147 Å². The zero-order valence-electron chi connectivity index (χ0n) is 14.3. The van der Waals surface area contributed by atoms with Gasteiger partial charge in [-0.25, -0.2) is 4.79 Å². The first kappa shape index (κ1) is 18.3. The Bertz CT molecular complexity index is 737. The van der Waals surface area contributed by atoms with Crippen LogP contribution in [0.5, 0.6) is 0 Å². The van der Waals surface area contributed by atoms with Crippen LogP contribution in [-0.4, -0.2) is 11.9 Å². The van der Waals surface area contributed by atoms with E-state index in [1.165, 1.54) is 5.56 Å². The number of benzene rings is 2. The molecule has 25 heavy (non-hydrogen) atoms. The highest BCUT2D eigenvalue weighted by molar-refractivity contribution is 5.88. The minimum atomic E-state index is -0.600. The van der Waals surface area contributed by atoms with Crippen LogP contribution in [0.3, 0.4) is 0 Å². The number of carbonyl (C=O) groups excluding carboxylic acids is 2. The van der Waals surface area contributed by atoms with E-state index < -0.39 is 6.03 Å². The maximum atomic E-state index is 12.0. The van der Waals surface area contributed by atoms with Crippen LogP contribution < -0.4 is 16.4 Å². The third kappa shape index (κ3) is 6.91. The molecule has 0 fully saturated rings. The maximum Gasteiger partial charge on any atom is 0.316 e. The molecule has 0 saturated heterocycles. The molecular weight excluding hydrogens is 314 g/mol. The molecule has 0 unspecified atom stereocenters. The average molecular weight is 337 g/mol. The number of aryl methyl sites for hydroxylation is 1. The summed E-state index contributed by atoms with van der Waals surface area (Å²) in [6, 6.07) is 16.8. The van der Waals surface area contributed by atoms with Gasteiger partial charge in [0.15, 0.2) is 0 Å². The molecule has 3 amide bonds. The Hall–Kier alpha value is -3.08. The molecule has 0 spiro atoms. The van der Waals surface area contributed by atoms with Gasteiger partial charge in [-0.3, -0.25) is 4.79 Å². The molecule has 2 aromatic carbocycles. The lowest BCUT2D eigenvalue weighted by Gasteiger charge is -2.06. The summed E-state index contributed by atoms with van der Waals surface area (Å²) in [5, 5.41) is 5.35. The lowest BCUT2D eigenvalue weighted by Crippen LogP contribution is -2.21. The molecule has 0 heterocycles. The summed E-state index contributed by atoms with van der Waals surface area (Å²) < 4.78 is 0. The summed E-state index contributed by atoms with van der Waals surface area (Å²) in [6.45, 7) is 2.39. The molecule has 0 aromatic heterocycles. The van der Waals surface area contributed by atoms with Gasteiger partial charge in [-0.05, 0) is 43.0 Å². The minimum absolute atomic E-state index is 0.107. The Morgan fingerprint density at radius 3 is 2.32 bits per heavy atom. The van der Waals surface area contributed by atoms with Crippen molar-refractivity contribution in [3.8, 4) is 0 Å². The van der Waals surface area contributed by atoms with E-state index in [0.717, 1.165) is 24.0 Å². The van der Waals surface area contributed by atoms with E-state index in [0.29, 0.717) is 12.2 Å². The fraction of sp³-hybridized carbons (Fsp3) is 0.200. The summed E-state index contributed by atoms with van der Waals surface area (Å²) in [6.07, 6.45) is 3.42. The summed E-state index contributed by atoms with van der Waals surface area (Å²) >= 11 is 0. The molecule has 5 heteroatoms. The summed E-state index contributed by atoms with van der Waals surface area (Å²) in [4.78, 5) is 22.8. The van der Waals surface area contributed by atoms with Crippen molar-refractivity contribution in [2.75, 3.05) is 5.32 Å². The largest absolute Gasteiger partial charge is 0.351 e. The lowest BCUT2D eigenvalue weighted by molar-refractivity contribution is -0.116. The van der Waals surface area contributed by atoms with E-state index in [4.69, 9.17) is 5.73 Å². The zero-order valence-corrected chi connectivity index (χ0v) is 14.3.